The summed E-state index contributed by atoms with van der Waals surface area (Å²) in [5, 5.41) is 4.85. The number of nitrogens with one attached hydrogen (secondary N) is 1. The smallest absolute Gasteiger partial charge is 0.291 e. The van der Waals surface area contributed by atoms with Gasteiger partial charge in [-0.05, 0) is 29.8 Å². The van der Waals surface area contributed by atoms with Crippen LogP contribution in [0, 0.1) is 17.7 Å². The molecule has 3 heterocycles. The number of likely N-dealkylation sites (tertiary alicyclic amines) is 1. The van der Waals surface area contributed by atoms with Gasteiger partial charge in [0.05, 0.1) is 17.3 Å². The van der Waals surface area contributed by atoms with Gasteiger partial charge in [-0.15, -0.1) is 0 Å². The Hall–Kier alpha value is -3.30. The lowest BCUT2D eigenvalue weighted by Gasteiger charge is -2.26. The highest BCUT2D eigenvalue weighted by molar-refractivity contribution is 6.35. The van der Waals surface area contributed by atoms with E-state index in [9.17, 15) is 23.6 Å². The average molecular weight is 472 g/mol. The van der Waals surface area contributed by atoms with Crippen LogP contribution in [0.25, 0.3) is 0 Å². The molecule has 2 saturated heterocycles. The Kier molecular flexibility index (Phi) is 4.98. The number of halogens is 2. The van der Waals surface area contributed by atoms with Crippen LogP contribution in [0.2, 0.25) is 5.02 Å². The Morgan fingerprint density at radius 2 is 1.88 bits per heavy atom. The van der Waals surface area contributed by atoms with E-state index in [1.165, 1.54) is 24.3 Å². The van der Waals surface area contributed by atoms with Crippen molar-refractivity contribution in [1.29, 1.82) is 0 Å². The molecule has 0 bridgehead atoms. The molecule has 2 aromatic carbocycles. The predicted molar refractivity (Wildman–Crippen MR) is 115 cm³/mol. The number of hydrogen-bond donors (Lipinski definition) is 3. The standard InChI is InChI=1S/C23H20ClFN4O4/c24-14-3-1-2-13-19(14)27-22(33)23(13)18-17(15(28-23)8-9-16(26)30)20(31)29(21(18)32)10-11-4-6-12(25)7-5-11/h1-7,15,17-18,28H,8-10H2,(H2,26,30)(H,27,33)/p+1/t15-,17-,18+,23-/m1/s1. The van der Waals surface area contributed by atoms with E-state index >= 15 is 0 Å². The monoisotopic (exact) mass is 471 g/mol. The summed E-state index contributed by atoms with van der Waals surface area (Å²) in [6.45, 7) is -0.0341. The number of primary amides is 1. The van der Waals surface area contributed by atoms with E-state index in [1.54, 1.807) is 23.5 Å². The highest BCUT2D eigenvalue weighted by Crippen LogP contribution is 2.51. The van der Waals surface area contributed by atoms with E-state index in [1.807, 2.05) is 0 Å². The first-order valence-electron chi connectivity index (χ1n) is 10.6. The lowest BCUT2D eigenvalue weighted by atomic mass is 9.76. The number of anilines is 1. The maximum absolute atomic E-state index is 13.7. The number of benzene rings is 2. The van der Waals surface area contributed by atoms with Crippen molar-refractivity contribution in [2.24, 2.45) is 17.6 Å². The van der Waals surface area contributed by atoms with E-state index in [2.05, 4.69) is 5.32 Å². The fourth-order valence-corrected chi connectivity index (χ4v) is 5.74. The number of carbonyl (C=O) groups excluding carboxylic acids is 4. The lowest BCUT2D eigenvalue weighted by Crippen LogP contribution is -2.99. The van der Waals surface area contributed by atoms with Crippen LogP contribution in [0.3, 0.4) is 0 Å². The van der Waals surface area contributed by atoms with Gasteiger partial charge in [0.1, 0.15) is 23.7 Å². The Morgan fingerprint density at radius 1 is 1.15 bits per heavy atom. The van der Waals surface area contributed by atoms with Crippen LogP contribution in [0.1, 0.15) is 24.0 Å². The summed E-state index contributed by atoms with van der Waals surface area (Å²) in [6.07, 6.45) is 0.259. The van der Waals surface area contributed by atoms with E-state index in [4.69, 9.17) is 17.3 Å². The van der Waals surface area contributed by atoms with Crippen LogP contribution in [0.15, 0.2) is 42.5 Å². The van der Waals surface area contributed by atoms with Gasteiger partial charge >= 0.3 is 0 Å². The molecular weight excluding hydrogens is 451 g/mol. The second-order valence-electron chi connectivity index (χ2n) is 8.71. The molecule has 4 atom stereocenters. The number of quaternary nitrogens is 1. The van der Waals surface area contributed by atoms with Crippen LogP contribution >= 0.6 is 11.6 Å². The topological polar surface area (TPSA) is 126 Å². The summed E-state index contributed by atoms with van der Waals surface area (Å²) in [7, 11) is 0. The third-order valence-corrected chi connectivity index (χ3v) is 7.24. The molecule has 3 aliphatic rings. The van der Waals surface area contributed by atoms with Gasteiger partial charge in [0.15, 0.2) is 0 Å². The first-order chi connectivity index (χ1) is 15.7. The molecule has 170 valence electrons. The molecule has 5 rings (SSSR count). The van der Waals surface area contributed by atoms with Gasteiger partial charge < -0.3 is 16.4 Å². The number of nitrogens with zero attached hydrogens (tertiary/aromatic N) is 1. The summed E-state index contributed by atoms with van der Waals surface area (Å²) in [6, 6.07) is 10.1. The highest BCUT2D eigenvalue weighted by atomic mass is 35.5. The lowest BCUT2D eigenvalue weighted by molar-refractivity contribution is -0.734. The van der Waals surface area contributed by atoms with E-state index in [0.717, 1.165) is 4.90 Å². The van der Waals surface area contributed by atoms with Gasteiger partial charge in [-0.1, -0.05) is 29.8 Å². The second kappa shape index (κ2) is 7.64. The van der Waals surface area contributed by atoms with Crippen LogP contribution in [-0.4, -0.2) is 34.6 Å². The van der Waals surface area contributed by atoms with E-state index < -0.39 is 52.9 Å². The summed E-state index contributed by atoms with van der Waals surface area (Å²) in [4.78, 5) is 53.1. The number of fused-ring (bicyclic) bond motifs is 4. The minimum atomic E-state index is -1.38. The molecule has 0 radical (unpaired) electrons. The first-order valence-corrected chi connectivity index (χ1v) is 11.0. The molecule has 33 heavy (non-hydrogen) atoms. The SMILES string of the molecule is NC(=O)CC[C@H]1[NH2+][C@@]2(C(=O)Nc3c(Cl)cccc32)[C@@H]2C(=O)N(Cc3ccc(F)cc3)C(=O)[C@@H]21. The largest absolute Gasteiger partial charge is 0.370 e. The maximum atomic E-state index is 13.7. The molecule has 8 nitrogen and oxygen atoms in total. The third kappa shape index (κ3) is 3.14. The van der Waals surface area contributed by atoms with Gasteiger partial charge in [0, 0.05) is 18.4 Å². The Bertz CT molecular complexity index is 1200. The van der Waals surface area contributed by atoms with E-state index in [0.29, 0.717) is 21.8 Å². The number of nitrogens with two attached hydrogens (primary N) is 2. The second-order valence-corrected chi connectivity index (χ2v) is 9.12. The number of amides is 4. The summed E-state index contributed by atoms with van der Waals surface area (Å²) in [5.41, 5.74) is 5.51. The molecule has 0 saturated carbocycles. The Labute approximate surface area is 193 Å². The molecule has 2 fully saturated rings. The molecule has 0 aromatic heterocycles. The maximum Gasteiger partial charge on any atom is 0.291 e. The third-order valence-electron chi connectivity index (χ3n) is 6.92. The van der Waals surface area contributed by atoms with Crippen molar-refractivity contribution in [1.82, 2.24) is 4.90 Å². The first kappa shape index (κ1) is 21.5. The molecular formula is C23H21ClFN4O4+. The van der Waals surface area contributed by atoms with Gasteiger partial charge in [0.2, 0.25) is 23.3 Å². The van der Waals surface area contributed by atoms with Crippen molar-refractivity contribution in [2.45, 2.75) is 31.0 Å². The quantitative estimate of drug-likeness (QED) is 0.553. The predicted octanol–water partition coefficient (Wildman–Crippen LogP) is 0.639. The number of rotatable bonds is 5. The van der Waals surface area contributed by atoms with Crippen LogP contribution in [0.4, 0.5) is 10.1 Å². The molecule has 5 N–H and O–H groups in total. The zero-order valence-corrected chi connectivity index (χ0v) is 18.1. The minimum absolute atomic E-state index is 0.0178. The molecule has 2 aromatic rings. The Morgan fingerprint density at radius 3 is 2.58 bits per heavy atom. The molecule has 10 heteroatoms. The summed E-state index contributed by atoms with van der Waals surface area (Å²) < 4.78 is 13.3. The van der Waals surface area contributed by atoms with Crippen molar-refractivity contribution in [3.05, 3.63) is 64.4 Å². The van der Waals surface area contributed by atoms with Crippen LogP contribution in [-0.2, 0) is 31.3 Å². The average Bonchev–Trinajstić information content (AvgIpc) is 3.35. The van der Waals surface area contributed by atoms with Crippen molar-refractivity contribution in [3.63, 3.8) is 0 Å². The fraction of sp³-hybridized carbons (Fsp3) is 0.304. The van der Waals surface area contributed by atoms with Gasteiger partial charge in [-0.25, -0.2) is 4.39 Å². The van der Waals surface area contributed by atoms with Crippen molar-refractivity contribution in [3.8, 4) is 0 Å². The van der Waals surface area contributed by atoms with Crippen LogP contribution < -0.4 is 16.4 Å². The van der Waals surface area contributed by atoms with Gasteiger partial charge in [-0.3, -0.25) is 24.1 Å². The fourth-order valence-electron chi connectivity index (χ4n) is 5.52. The zero-order chi connectivity index (χ0) is 23.5. The molecule has 0 unspecified atom stereocenters. The van der Waals surface area contributed by atoms with E-state index in [-0.39, 0.29) is 19.4 Å². The molecule has 4 amide bonds. The van der Waals surface area contributed by atoms with Crippen molar-refractivity contribution >= 4 is 40.9 Å². The van der Waals surface area contributed by atoms with Gasteiger partial charge in [0.25, 0.3) is 5.91 Å². The Balaban J connectivity index is 1.58. The highest BCUT2D eigenvalue weighted by Gasteiger charge is 2.74. The number of hydrogen-bond acceptors (Lipinski definition) is 4. The summed E-state index contributed by atoms with van der Waals surface area (Å²) >= 11 is 6.31. The van der Waals surface area contributed by atoms with Crippen LogP contribution in [0.5, 0.6) is 0 Å². The van der Waals surface area contributed by atoms with Crippen molar-refractivity contribution in [2.75, 3.05) is 5.32 Å². The normalized spacial score (nSPS) is 27.8. The number of para-hydroxylation sites is 1. The molecule has 1 spiro atoms. The number of imide groups is 1. The number of carbonyl (C=O) groups is 4. The molecule has 3 aliphatic heterocycles. The zero-order valence-electron chi connectivity index (χ0n) is 17.4. The summed E-state index contributed by atoms with van der Waals surface area (Å²) in [5.74, 6) is -4.05. The van der Waals surface area contributed by atoms with Crippen molar-refractivity contribution < 1.29 is 28.9 Å². The molecule has 0 aliphatic carbocycles. The minimum Gasteiger partial charge on any atom is -0.370 e. The van der Waals surface area contributed by atoms with Gasteiger partial charge in [-0.2, -0.15) is 0 Å².